The van der Waals surface area contributed by atoms with Gasteiger partial charge >= 0.3 is 0 Å². The summed E-state index contributed by atoms with van der Waals surface area (Å²) in [5.74, 6) is -0.0747. The predicted octanol–water partition coefficient (Wildman–Crippen LogP) is 2.60. The van der Waals surface area contributed by atoms with E-state index in [1.54, 1.807) is 30.6 Å². The van der Waals surface area contributed by atoms with Gasteiger partial charge in [0.05, 0.1) is 0 Å². The number of carbonyl (C=O) groups is 1. The Balaban J connectivity index is 2.80. The number of carbonyl (C=O) groups excluding carboxylic acids is 1. The zero-order valence-corrected chi connectivity index (χ0v) is 12.0. The quantitative estimate of drug-likeness (QED) is 0.612. The number of amides is 1. The molecule has 1 rings (SSSR count). The summed E-state index contributed by atoms with van der Waals surface area (Å²) in [7, 11) is 0. The molecule has 1 unspecified atom stereocenters. The van der Waals surface area contributed by atoms with Crippen molar-refractivity contribution in [2.75, 3.05) is 0 Å². The molecule has 1 atom stereocenters. The van der Waals surface area contributed by atoms with Crippen molar-refractivity contribution in [3.8, 4) is 0 Å². The molecule has 0 bridgehead atoms. The molecular formula is C16H21N3O. The summed E-state index contributed by atoms with van der Waals surface area (Å²) in [6.07, 6.45) is 13.5. The number of hydrogen-bond acceptors (Lipinski definition) is 3. The van der Waals surface area contributed by atoms with Crippen LogP contribution in [0.25, 0.3) is 0 Å². The molecule has 1 N–H and O–H groups in total. The van der Waals surface area contributed by atoms with Crippen LogP contribution in [0.2, 0.25) is 0 Å². The van der Waals surface area contributed by atoms with Gasteiger partial charge < -0.3 is 5.32 Å². The standard InChI is InChI=1S/C16H21N3O/c1-4-6-7-15(16(20)19-13(3)5-2)9-8-14-10-17-12-18-11-14/h4,6-7,9-13H,1,5,8H2,2-3H3,(H,19,20)/b7-6-,15-9+. The summed E-state index contributed by atoms with van der Waals surface area (Å²) in [5, 5.41) is 2.95. The minimum absolute atomic E-state index is 0.0747. The van der Waals surface area contributed by atoms with Crippen LogP contribution in [0.1, 0.15) is 25.8 Å². The normalized spacial score (nSPS) is 13.2. The minimum atomic E-state index is -0.0747. The monoisotopic (exact) mass is 271 g/mol. The van der Waals surface area contributed by atoms with Gasteiger partial charge in [0.25, 0.3) is 5.91 Å². The Hall–Kier alpha value is -2.23. The molecule has 1 amide bonds. The number of aromatic nitrogens is 2. The molecule has 0 saturated carbocycles. The van der Waals surface area contributed by atoms with Gasteiger partial charge in [-0.05, 0) is 31.4 Å². The first-order chi connectivity index (χ1) is 9.67. The Kier molecular flexibility index (Phi) is 6.96. The number of rotatable bonds is 7. The van der Waals surface area contributed by atoms with Crippen LogP contribution in [0, 0.1) is 0 Å². The van der Waals surface area contributed by atoms with Gasteiger partial charge in [0.1, 0.15) is 6.33 Å². The van der Waals surface area contributed by atoms with Crippen LogP contribution in [0.15, 0.2) is 55.2 Å². The predicted molar refractivity (Wildman–Crippen MR) is 81.1 cm³/mol. The third-order valence-electron chi connectivity index (χ3n) is 2.84. The van der Waals surface area contributed by atoms with Gasteiger partial charge in [-0.15, -0.1) is 0 Å². The molecule has 0 aromatic carbocycles. The smallest absolute Gasteiger partial charge is 0.251 e. The van der Waals surface area contributed by atoms with Gasteiger partial charge in [-0.1, -0.05) is 31.7 Å². The fourth-order valence-corrected chi connectivity index (χ4v) is 1.48. The Bertz CT molecular complexity index is 492. The molecule has 4 nitrogen and oxygen atoms in total. The maximum Gasteiger partial charge on any atom is 0.251 e. The molecule has 1 aromatic rings. The van der Waals surface area contributed by atoms with Crippen molar-refractivity contribution in [3.05, 3.63) is 60.7 Å². The van der Waals surface area contributed by atoms with E-state index < -0.39 is 0 Å². The van der Waals surface area contributed by atoms with Gasteiger partial charge in [-0.3, -0.25) is 4.79 Å². The average molecular weight is 271 g/mol. The summed E-state index contributed by atoms with van der Waals surface area (Å²) in [5.41, 5.74) is 1.59. The highest BCUT2D eigenvalue weighted by molar-refractivity contribution is 5.96. The summed E-state index contributed by atoms with van der Waals surface area (Å²) in [6.45, 7) is 7.64. The van der Waals surface area contributed by atoms with Crippen LogP contribution in [0.3, 0.4) is 0 Å². The molecule has 4 heteroatoms. The first kappa shape index (κ1) is 15.8. The van der Waals surface area contributed by atoms with E-state index in [0.29, 0.717) is 12.0 Å². The SMILES string of the molecule is C=C/C=C\C(=C/Cc1cncnc1)C(=O)NC(C)CC. The molecule has 0 spiro atoms. The van der Waals surface area contributed by atoms with Gasteiger partial charge in [0.15, 0.2) is 0 Å². The molecule has 0 aliphatic rings. The van der Waals surface area contributed by atoms with Crippen molar-refractivity contribution in [2.45, 2.75) is 32.7 Å². The number of allylic oxidation sites excluding steroid dienone is 3. The number of nitrogens with zero attached hydrogens (tertiary/aromatic N) is 2. The van der Waals surface area contributed by atoms with Gasteiger partial charge in [0.2, 0.25) is 0 Å². The second-order valence-electron chi connectivity index (χ2n) is 4.49. The molecule has 0 aliphatic carbocycles. The summed E-state index contributed by atoms with van der Waals surface area (Å²) >= 11 is 0. The molecule has 1 heterocycles. The van der Waals surface area contributed by atoms with E-state index in [0.717, 1.165) is 12.0 Å². The highest BCUT2D eigenvalue weighted by Gasteiger charge is 2.08. The largest absolute Gasteiger partial charge is 0.350 e. The van der Waals surface area contributed by atoms with E-state index in [4.69, 9.17) is 0 Å². The summed E-state index contributed by atoms with van der Waals surface area (Å²) in [6, 6.07) is 0.156. The fraction of sp³-hybridized carbons (Fsp3) is 0.312. The lowest BCUT2D eigenvalue weighted by atomic mass is 10.1. The third-order valence-corrected chi connectivity index (χ3v) is 2.84. The second kappa shape index (κ2) is 8.80. The van der Waals surface area contributed by atoms with Crippen LogP contribution < -0.4 is 5.32 Å². The van der Waals surface area contributed by atoms with E-state index in [1.165, 1.54) is 6.33 Å². The third kappa shape index (κ3) is 5.61. The van der Waals surface area contributed by atoms with E-state index in [1.807, 2.05) is 19.9 Å². The topological polar surface area (TPSA) is 54.9 Å². The maximum absolute atomic E-state index is 12.1. The Labute approximate surface area is 120 Å². The maximum atomic E-state index is 12.1. The van der Waals surface area contributed by atoms with Crippen LogP contribution >= 0.6 is 0 Å². The van der Waals surface area contributed by atoms with Crippen LogP contribution in [-0.2, 0) is 11.2 Å². The highest BCUT2D eigenvalue weighted by atomic mass is 16.1. The minimum Gasteiger partial charge on any atom is -0.350 e. The van der Waals surface area contributed by atoms with E-state index in [9.17, 15) is 4.79 Å². The van der Waals surface area contributed by atoms with Gasteiger partial charge in [0, 0.05) is 24.0 Å². The van der Waals surface area contributed by atoms with Crippen molar-refractivity contribution in [2.24, 2.45) is 0 Å². The van der Waals surface area contributed by atoms with Crippen molar-refractivity contribution >= 4 is 5.91 Å². The lowest BCUT2D eigenvalue weighted by Gasteiger charge is -2.11. The van der Waals surface area contributed by atoms with E-state index in [-0.39, 0.29) is 11.9 Å². The van der Waals surface area contributed by atoms with Crippen LogP contribution in [0.4, 0.5) is 0 Å². The molecule has 0 fully saturated rings. The molecule has 20 heavy (non-hydrogen) atoms. The van der Waals surface area contributed by atoms with Crippen molar-refractivity contribution < 1.29 is 4.79 Å². The highest BCUT2D eigenvalue weighted by Crippen LogP contribution is 2.04. The average Bonchev–Trinajstić information content (AvgIpc) is 2.48. The molecule has 106 valence electrons. The Morgan fingerprint density at radius 3 is 2.75 bits per heavy atom. The number of hydrogen-bond donors (Lipinski definition) is 1. The van der Waals surface area contributed by atoms with Gasteiger partial charge in [-0.2, -0.15) is 0 Å². The van der Waals surface area contributed by atoms with Crippen LogP contribution in [0.5, 0.6) is 0 Å². The zero-order valence-electron chi connectivity index (χ0n) is 12.0. The Morgan fingerprint density at radius 1 is 1.45 bits per heavy atom. The second-order valence-corrected chi connectivity index (χ2v) is 4.49. The van der Waals surface area contributed by atoms with Crippen LogP contribution in [-0.4, -0.2) is 21.9 Å². The van der Waals surface area contributed by atoms with Crippen molar-refractivity contribution in [3.63, 3.8) is 0 Å². The number of nitrogens with one attached hydrogen (secondary N) is 1. The first-order valence-electron chi connectivity index (χ1n) is 6.71. The molecule has 0 aliphatic heterocycles. The molecule has 0 saturated heterocycles. The van der Waals surface area contributed by atoms with E-state index in [2.05, 4.69) is 21.9 Å². The van der Waals surface area contributed by atoms with E-state index >= 15 is 0 Å². The fourth-order valence-electron chi connectivity index (χ4n) is 1.48. The lowest BCUT2D eigenvalue weighted by molar-refractivity contribution is -0.117. The van der Waals surface area contributed by atoms with Gasteiger partial charge in [-0.25, -0.2) is 9.97 Å². The first-order valence-corrected chi connectivity index (χ1v) is 6.71. The summed E-state index contributed by atoms with van der Waals surface area (Å²) in [4.78, 5) is 20.1. The van der Waals surface area contributed by atoms with Crippen molar-refractivity contribution in [1.82, 2.24) is 15.3 Å². The molecule has 0 radical (unpaired) electrons. The molecular weight excluding hydrogens is 250 g/mol. The Morgan fingerprint density at radius 2 is 2.15 bits per heavy atom. The zero-order chi connectivity index (χ0) is 14.8. The summed E-state index contributed by atoms with van der Waals surface area (Å²) < 4.78 is 0. The van der Waals surface area contributed by atoms with Crippen molar-refractivity contribution in [1.29, 1.82) is 0 Å². The molecule has 1 aromatic heterocycles. The lowest BCUT2D eigenvalue weighted by Crippen LogP contribution is -2.32.